The van der Waals surface area contributed by atoms with Crippen LogP contribution >= 0.6 is 11.8 Å². The van der Waals surface area contributed by atoms with E-state index in [-0.39, 0.29) is 0 Å². The molecule has 0 nitrogen and oxygen atoms in total. The lowest BCUT2D eigenvalue weighted by Gasteiger charge is -2.42. The van der Waals surface area contributed by atoms with Crippen LogP contribution in [0.1, 0.15) is 77.0 Å². The summed E-state index contributed by atoms with van der Waals surface area (Å²) in [6, 6.07) is 0. The van der Waals surface area contributed by atoms with Gasteiger partial charge in [-0.1, -0.05) is 51.4 Å². The Morgan fingerprint density at radius 3 is 2.18 bits per heavy atom. The van der Waals surface area contributed by atoms with Crippen molar-refractivity contribution in [2.45, 2.75) is 87.5 Å². The molecule has 3 saturated carbocycles. The summed E-state index contributed by atoms with van der Waals surface area (Å²) >= 11 is 2.43. The number of fused-ring (bicyclic) bond motifs is 1. The zero-order chi connectivity index (χ0) is 11.5. The SMILES string of the molecule is C1CCC(SC2CCCC3CCCCC32)CC1. The first-order chi connectivity index (χ1) is 8.43. The Balaban J connectivity index is 1.56. The van der Waals surface area contributed by atoms with Gasteiger partial charge in [0.25, 0.3) is 0 Å². The normalized spacial score (nSPS) is 39.9. The molecular formula is C16H28S. The molecule has 0 spiro atoms. The van der Waals surface area contributed by atoms with Gasteiger partial charge in [-0.2, -0.15) is 11.8 Å². The lowest BCUT2D eigenvalue weighted by atomic mass is 9.71. The molecule has 3 aliphatic carbocycles. The third-order valence-electron chi connectivity index (χ3n) is 5.43. The van der Waals surface area contributed by atoms with E-state index in [4.69, 9.17) is 0 Å². The fourth-order valence-corrected chi connectivity index (χ4v) is 6.46. The van der Waals surface area contributed by atoms with Crippen LogP contribution in [0, 0.1) is 11.8 Å². The Kier molecular flexibility index (Phi) is 4.37. The van der Waals surface area contributed by atoms with Crippen molar-refractivity contribution >= 4 is 11.8 Å². The summed E-state index contributed by atoms with van der Waals surface area (Å²) in [5.74, 6) is 2.24. The fourth-order valence-electron chi connectivity index (χ4n) is 4.50. The van der Waals surface area contributed by atoms with E-state index in [1.54, 1.807) is 25.7 Å². The molecule has 0 aromatic rings. The Labute approximate surface area is 111 Å². The minimum absolute atomic E-state index is 1.04. The lowest BCUT2D eigenvalue weighted by Crippen LogP contribution is -2.34. The minimum Gasteiger partial charge on any atom is -0.155 e. The van der Waals surface area contributed by atoms with Gasteiger partial charge in [0.05, 0.1) is 0 Å². The highest BCUT2D eigenvalue weighted by atomic mass is 32.2. The molecule has 3 atom stereocenters. The van der Waals surface area contributed by atoms with Gasteiger partial charge in [-0.25, -0.2) is 0 Å². The number of hydrogen-bond donors (Lipinski definition) is 0. The van der Waals surface area contributed by atoms with Crippen LogP contribution in [0.15, 0.2) is 0 Å². The van der Waals surface area contributed by atoms with Crippen molar-refractivity contribution in [1.29, 1.82) is 0 Å². The molecule has 1 heteroatoms. The van der Waals surface area contributed by atoms with E-state index in [9.17, 15) is 0 Å². The van der Waals surface area contributed by atoms with Crippen molar-refractivity contribution in [1.82, 2.24) is 0 Å². The average Bonchev–Trinajstić information content (AvgIpc) is 2.40. The first kappa shape index (κ1) is 12.4. The molecule has 17 heavy (non-hydrogen) atoms. The van der Waals surface area contributed by atoms with Gasteiger partial charge < -0.3 is 0 Å². The van der Waals surface area contributed by atoms with Crippen LogP contribution in [0.3, 0.4) is 0 Å². The van der Waals surface area contributed by atoms with Crippen LogP contribution in [0.2, 0.25) is 0 Å². The molecule has 0 saturated heterocycles. The molecule has 3 unspecified atom stereocenters. The molecule has 3 rings (SSSR count). The summed E-state index contributed by atoms with van der Waals surface area (Å²) in [6.07, 6.45) is 18.4. The Morgan fingerprint density at radius 1 is 0.588 bits per heavy atom. The van der Waals surface area contributed by atoms with Gasteiger partial charge >= 0.3 is 0 Å². The summed E-state index contributed by atoms with van der Waals surface area (Å²) in [4.78, 5) is 0. The maximum atomic E-state index is 2.43. The van der Waals surface area contributed by atoms with Crippen LogP contribution in [0.5, 0.6) is 0 Å². The molecular weight excluding hydrogens is 224 g/mol. The van der Waals surface area contributed by atoms with Crippen molar-refractivity contribution in [3.8, 4) is 0 Å². The zero-order valence-corrected chi connectivity index (χ0v) is 12.0. The maximum Gasteiger partial charge on any atom is 0.00807 e. The van der Waals surface area contributed by atoms with Crippen LogP contribution in [0.4, 0.5) is 0 Å². The van der Waals surface area contributed by atoms with E-state index in [1.165, 1.54) is 51.4 Å². The largest absolute Gasteiger partial charge is 0.155 e. The van der Waals surface area contributed by atoms with E-state index < -0.39 is 0 Å². The molecule has 0 aromatic carbocycles. The summed E-state index contributed by atoms with van der Waals surface area (Å²) < 4.78 is 0. The molecule has 0 bridgehead atoms. The molecule has 0 aliphatic heterocycles. The number of hydrogen-bond acceptors (Lipinski definition) is 1. The molecule has 0 heterocycles. The standard InChI is InChI=1S/C16H28S/c1-2-9-14(10-3-1)17-16-12-6-8-13-7-4-5-11-15(13)16/h13-16H,1-12H2. The van der Waals surface area contributed by atoms with Crippen molar-refractivity contribution in [3.05, 3.63) is 0 Å². The molecule has 3 aliphatic rings. The van der Waals surface area contributed by atoms with Crippen molar-refractivity contribution in [2.24, 2.45) is 11.8 Å². The Bertz CT molecular complexity index is 230. The Morgan fingerprint density at radius 2 is 1.29 bits per heavy atom. The van der Waals surface area contributed by atoms with E-state index in [2.05, 4.69) is 11.8 Å². The van der Waals surface area contributed by atoms with Crippen LogP contribution in [0.25, 0.3) is 0 Å². The van der Waals surface area contributed by atoms with E-state index in [0.29, 0.717) is 0 Å². The summed E-state index contributed by atoms with van der Waals surface area (Å²) in [7, 11) is 0. The smallest absolute Gasteiger partial charge is 0.00807 e. The highest BCUT2D eigenvalue weighted by Crippen LogP contribution is 2.47. The first-order valence-electron chi connectivity index (χ1n) is 8.09. The van der Waals surface area contributed by atoms with Gasteiger partial charge in [-0.15, -0.1) is 0 Å². The molecule has 98 valence electrons. The fraction of sp³-hybridized carbons (Fsp3) is 1.00. The number of rotatable bonds is 2. The average molecular weight is 252 g/mol. The monoisotopic (exact) mass is 252 g/mol. The number of thioether (sulfide) groups is 1. The van der Waals surface area contributed by atoms with Gasteiger partial charge in [0.15, 0.2) is 0 Å². The van der Waals surface area contributed by atoms with Gasteiger partial charge in [-0.3, -0.25) is 0 Å². The molecule has 0 radical (unpaired) electrons. The predicted molar refractivity (Wildman–Crippen MR) is 77.6 cm³/mol. The van der Waals surface area contributed by atoms with Crippen molar-refractivity contribution in [3.63, 3.8) is 0 Å². The molecule has 0 amide bonds. The summed E-state index contributed by atoms with van der Waals surface area (Å²) in [6.45, 7) is 0. The second-order valence-electron chi connectivity index (χ2n) is 6.57. The third kappa shape index (κ3) is 3.03. The van der Waals surface area contributed by atoms with Crippen LogP contribution in [-0.2, 0) is 0 Å². The van der Waals surface area contributed by atoms with Crippen LogP contribution in [-0.4, -0.2) is 10.5 Å². The predicted octanol–water partition coefficient (Wildman–Crippen LogP) is 5.41. The van der Waals surface area contributed by atoms with Crippen LogP contribution < -0.4 is 0 Å². The van der Waals surface area contributed by atoms with Gasteiger partial charge in [0.1, 0.15) is 0 Å². The summed E-state index contributed by atoms with van der Waals surface area (Å²) in [5, 5.41) is 2.09. The third-order valence-corrected chi connectivity index (χ3v) is 7.22. The van der Waals surface area contributed by atoms with E-state index in [1.807, 2.05) is 0 Å². The highest BCUT2D eigenvalue weighted by molar-refractivity contribution is 8.00. The highest BCUT2D eigenvalue weighted by Gasteiger charge is 2.36. The van der Waals surface area contributed by atoms with Crippen molar-refractivity contribution < 1.29 is 0 Å². The molecule has 0 N–H and O–H groups in total. The lowest BCUT2D eigenvalue weighted by molar-refractivity contribution is 0.178. The quantitative estimate of drug-likeness (QED) is 0.633. The van der Waals surface area contributed by atoms with Gasteiger partial charge in [-0.05, 0) is 37.5 Å². The summed E-state index contributed by atoms with van der Waals surface area (Å²) in [5.41, 5.74) is 0. The maximum absolute atomic E-state index is 2.43. The minimum atomic E-state index is 1.04. The van der Waals surface area contributed by atoms with E-state index >= 15 is 0 Å². The second kappa shape index (κ2) is 5.99. The molecule has 3 fully saturated rings. The Hall–Kier alpha value is 0.350. The topological polar surface area (TPSA) is 0 Å². The molecule has 0 aromatic heterocycles. The second-order valence-corrected chi connectivity index (χ2v) is 8.12. The zero-order valence-electron chi connectivity index (χ0n) is 11.2. The van der Waals surface area contributed by atoms with Gasteiger partial charge in [0, 0.05) is 10.5 Å². The van der Waals surface area contributed by atoms with Gasteiger partial charge in [0.2, 0.25) is 0 Å². The van der Waals surface area contributed by atoms with E-state index in [0.717, 1.165) is 22.3 Å². The van der Waals surface area contributed by atoms with Crippen molar-refractivity contribution in [2.75, 3.05) is 0 Å². The first-order valence-corrected chi connectivity index (χ1v) is 9.03.